The van der Waals surface area contributed by atoms with Gasteiger partial charge in [0, 0.05) is 11.4 Å². The summed E-state index contributed by atoms with van der Waals surface area (Å²) >= 11 is 0. The summed E-state index contributed by atoms with van der Waals surface area (Å²) in [5.41, 5.74) is 2.24. The number of anilines is 2. The summed E-state index contributed by atoms with van der Waals surface area (Å²) in [6.45, 7) is 0. The Morgan fingerprint density at radius 2 is 1.00 bits per heavy atom. The van der Waals surface area contributed by atoms with Crippen molar-refractivity contribution >= 4 is 70.7 Å². The molecule has 7 heteroatoms. The summed E-state index contributed by atoms with van der Waals surface area (Å²) in [6.07, 6.45) is 0. The Morgan fingerprint density at radius 1 is 0.737 bits per heavy atom. The molecule has 2 rings (SSSR count). The van der Waals surface area contributed by atoms with Gasteiger partial charge < -0.3 is 5.32 Å². The second-order valence-electron chi connectivity index (χ2n) is 3.30. The maximum Gasteiger partial charge on any atom is 0.0384 e. The van der Waals surface area contributed by atoms with Gasteiger partial charge in [-0.1, -0.05) is 36.4 Å². The third kappa shape index (κ3) is 11.2. The second kappa shape index (κ2) is 9.56. The van der Waals surface area contributed by atoms with E-state index in [2.05, 4.69) is 5.32 Å². The van der Waals surface area contributed by atoms with E-state index in [0.29, 0.717) is 0 Å². The number of para-hydroxylation sites is 2. The van der Waals surface area contributed by atoms with Crippen LogP contribution in [0.5, 0.6) is 0 Å². The molecule has 0 amide bonds. The Labute approximate surface area is 152 Å². The SMILES string of the molecule is O=S(=O)(O)O.[BaH2].c1ccc(Nc2ccccc2)cc1. The molecule has 0 saturated carbocycles. The topological polar surface area (TPSA) is 86.6 Å². The molecule has 0 fully saturated rings. The van der Waals surface area contributed by atoms with Crippen LogP contribution in [-0.2, 0) is 10.4 Å². The third-order valence-corrected chi connectivity index (χ3v) is 1.84. The van der Waals surface area contributed by atoms with Crippen molar-refractivity contribution in [2.24, 2.45) is 0 Å². The van der Waals surface area contributed by atoms with E-state index in [-0.39, 0.29) is 48.9 Å². The van der Waals surface area contributed by atoms with Crippen LogP contribution in [0.2, 0.25) is 0 Å². The number of benzene rings is 2. The summed E-state index contributed by atoms with van der Waals surface area (Å²) < 4.78 is 31.6. The molecule has 0 bridgehead atoms. The molecule has 19 heavy (non-hydrogen) atoms. The Kier molecular flexibility index (Phi) is 9.40. The van der Waals surface area contributed by atoms with E-state index in [1.165, 1.54) is 0 Å². The maximum atomic E-state index is 8.74. The molecule has 0 aromatic heterocycles. The molecule has 0 unspecified atom stereocenters. The first-order chi connectivity index (χ1) is 8.45. The molecule has 0 aliphatic rings. The summed E-state index contributed by atoms with van der Waals surface area (Å²) in [6, 6.07) is 20.3. The predicted molar refractivity (Wildman–Crippen MR) is 78.9 cm³/mol. The van der Waals surface area contributed by atoms with Crippen LogP contribution in [0.3, 0.4) is 0 Å². The zero-order chi connectivity index (χ0) is 13.4. The summed E-state index contributed by atoms with van der Waals surface area (Å²) in [7, 11) is -4.67. The van der Waals surface area contributed by atoms with Crippen molar-refractivity contribution in [2.75, 3.05) is 5.32 Å². The third-order valence-electron chi connectivity index (χ3n) is 1.84. The summed E-state index contributed by atoms with van der Waals surface area (Å²) in [5, 5.41) is 3.30. The van der Waals surface area contributed by atoms with Crippen molar-refractivity contribution < 1.29 is 17.5 Å². The van der Waals surface area contributed by atoms with Gasteiger partial charge in [0.1, 0.15) is 0 Å². The first-order valence-electron chi connectivity index (χ1n) is 5.02. The van der Waals surface area contributed by atoms with E-state index in [9.17, 15) is 0 Å². The van der Waals surface area contributed by atoms with Gasteiger partial charge in [0.05, 0.1) is 0 Å². The number of hydrogen-bond donors (Lipinski definition) is 3. The maximum absolute atomic E-state index is 8.74. The molecule has 3 N–H and O–H groups in total. The quantitative estimate of drug-likeness (QED) is 0.523. The minimum absolute atomic E-state index is 0. The second-order valence-corrected chi connectivity index (χ2v) is 4.20. The van der Waals surface area contributed by atoms with E-state index < -0.39 is 10.4 Å². The molecular formula is C12H15BaNO4S. The molecule has 0 spiro atoms. The van der Waals surface area contributed by atoms with E-state index in [0.717, 1.165) is 11.4 Å². The van der Waals surface area contributed by atoms with Crippen molar-refractivity contribution in [3.8, 4) is 0 Å². The van der Waals surface area contributed by atoms with Gasteiger partial charge in [-0.2, -0.15) is 8.42 Å². The van der Waals surface area contributed by atoms with Gasteiger partial charge in [0.25, 0.3) is 0 Å². The van der Waals surface area contributed by atoms with Crippen molar-refractivity contribution in [2.45, 2.75) is 0 Å². The van der Waals surface area contributed by atoms with E-state index in [4.69, 9.17) is 17.5 Å². The average Bonchev–Trinajstić information content (AvgIpc) is 2.29. The fourth-order valence-corrected chi connectivity index (χ4v) is 1.21. The molecule has 2 aromatic rings. The number of hydrogen-bond acceptors (Lipinski definition) is 3. The fourth-order valence-electron chi connectivity index (χ4n) is 1.21. The van der Waals surface area contributed by atoms with Crippen LogP contribution in [0.1, 0.15) is 0 Å². The zero-order valence-corrected chi connectivity index (χ0v) is 10.2. The monoisotopic (exact) mass is 407 g/mol. The molecule has 0 atom stereocenters. The van der Waals surface area contributed by atoms with Gasteiger partial charge in [-0.3, -0.25) is 9.11 Å². The summed E-state index contributed by atoms with van der Waals surface area (Å²) in [5.74, 6) is 0. The van der Waals surface area contributed by atoms with Gasteiger partial charge >= 0.3 is 59.3 Å². The molecule has 2 aromatic carbocycles. The number of nitrogens with one attached hydrogen (secondary N) is 1. The van der Waals surface area contributed by atoms with Gasteiger partial charge in [-0.05, 0) is 24.3 Å². The van der Waals surface area contributed by atoms with E-state index >= 15 is 0 Å². The van der Waals surface area contributed by atoms with E-state index in [1.54, 1.807) is 0 Å². The minimum atomic E-state index is -4.67. The smallest absolute Gasteiger partial charge is 0.0384 e. The minimum Gasteiger partial charge on any atom is -0.356 e. The zero-order valence-electron chi connectivity index (χ0n) is 9.39. The Balaban J connectivity index is 0.000000471. The first-order valence-corrected chi connectivity index (χ1v) is 6.42. The van der Waals surface area contributed by atoms with Crippen LogP contribution in [0, 0.1) is 0 Å². The van der Waals surface area contributed by atoms with Crippen molar-refractivity contribution in [3.05, 3.63) is 60.7 Å². The van der Waals surface area contributed by atoms with Gasteiger partial charge in [0.2, 0.25) is 0 Å². The van der Waals surface area contributed by atoms with Crippen LogP contribution in [0.4, 0.5) is 11.4 Å². The molecule has 100 valence electrons. The van der Waals surface area contributed by atoms with Crippen LogP contribution in [0.15, 0.2) is 60.7 Å². The van der Waals surface area contributed by atoms with Gasteiger partial charge in [-0.15, -0.1) is 0 Å². The largest absolute Gasteiger partial charge is 0.356 e. The van der Waals surface area contributed by atoms with E-state index in [1.807, 2.05) is 60.7 Å². The number of rotatable bonds is 2. The van der Waals surface area contributed by atoms with Crippen LogP contribution < -0.4 is 5.32 Å². The summed E-state index contributed by atoms with van der Waals surface area (Å²) in [4.78, 5) is 0. The van der Waals surface area contributed by atoms with Crippen LogP contribution in [0.25, 0.3) is 0 Å². The Morgan fingerprint density at radius 3 is 1.26 bits per heavy atom. The van der Waals surface area contributed by atoms with Crippen LogP contribution >= 0.6 is 0 Å². The molecule has 0 radical (unpaired) electrons. The molecule has 5 nitrogen and oxygen atoms in total. The first kappa shape index (κ1) is 18.7. The molecule has 0 saturated heterocycles. The molecular weight excluding hydrogens is 392 g/mol. The van der Waals surface area contributed by atoms with Crippen molar-refractivity contribution in [1.29, 1.82) is 0 Å². The average molecular weight is 407 g/mol. The van der Waals surface area contributed by atoms with Crippen molar-refractivity contribution in [3.63, 3.8) is 0 Å². The van der Waals surface area contributed by atoms with Crippen LogP contribution in [-0.4, -0.2) is 66.4 Å². The molecule has 0 aliphatic heterocycles. The van der Waals surface area contributed by atoms with Crippen molar-refractivity contribution in [1.82, 2.24) is 0 Å². The normalized spacial score (nSPS) is 9.58. The Bertz CT molecular complexity index is 515. The Hall–Kier alpha value is -0.319. The van der Waals surface area contributed by atoms with Gasteiger partial charge in [0.15, 0.2) is 0 Å². The van der Waals surface area contributed by atoms with Gasteiger partial charge in [-0.25, -0.2) is 0 Å². The standard InChI is InChI=1S/C12H11N.Ba.H2O4S.2H/c1-3-7-11(8-4-1)13-12-9-5-2-6-10-12;;1-5(2,3)4;;/h1-10,13H;;(H2,1,2,3,4);;. The fraction of sp³-hybridized carbons (Fsp3) is 0. The molecule has 0 heterocycles. The predicted octanol–water partition coefficient (Wildman–Crippen LogP) is 1.86. The molecule has 0 aliphatic carbocycles.